The average Bonchev–Trinajstić information content (AvgIpc) is 2.15. The number of aromatic nitrogens is 1. The first kappa shape index (κ1) is 10.9. The van der Waals surface area contributed by atoms with E-state index in [0.717, 1.165) is 6.26 Å². The van der Waals surface area contributed by atoms with Crippen LogP contribution < -0.4 is 5.43 Å². The topological polar surface area (TPSA) is 67.0 Å². The number of rotatable bonds is 1. The molecule has 0 bridgehead atoms. The Balaban J connectivity index is 3.04. The van der Waals surface area contributed by atoms with Gasteiger partial charge in [0.25, 0.3) is 0 Å². The molecule has 1 heterocycles. The van der Waals surface area contributed by atoms with Gasteiger partial charge in [0.15, 0.2) is 9.84 Å². The highest BCUT2D eigenvalue weighted by atomic mass is 32.2. The molecule has 0 aliphatic heterocycles. The second kappa shape index (κ2) is 3.45. The molecule has 1 aromatic heterocycles. The van der Waals surface area contributed by atoms with Gasteiger partial charge in [0, 0.05) is 22.9 Å². The van der Waals surface area contributed by atoms with Crippen LogP contribution in [0.15, 0.2) is 34.0 Å². The Morgan fingerprint density at radius 2 is 1.81 bits per heavy atom. The smallest absolute Gasteiger partial charge is 0.208 e. The average molecular weight is 237 g/mol. The highest BCUT2D eigenvalue weighted by Crippen LogP contribution is 2.14. The largest absolute Gasteiger partial charge is 0.357 e. The van der Waals surface area contributed by atoms with Gasteiger partial charge in [0.2, 0.25) is 5.43 Å². The quantitative estimate of drug-likeness (QED) is 0.811. The van der Waals surface area contributed by atoms with E-state index >= 15 is 0 Å². The third-order valence-electron chi connectivity index (χ3n) is 2.41. The minimum Gasteiger partial charge on any atom is -0.357 e. The number of aryl methyl sites for hydroxylation is 1. The van der Waals surface area contributed by atoms with Crippen LogP contribution >= 0.6 is 0 Å². The number of H-pyrrole nitrogens is 1. The van der Waals surface area contributed by atoms with Gasteiger partial charge in [-0.05, 0) is 19.1 Å². The Bertz CT molecular complexity index is 714. The minimum absolute atomic E-state index is 0.147. The van der Waals surface area contributed by atoms with Gasteiger partial charge in [-0.15, -0.1) is 0 Å². The molecule has 0 unspecified atom stereocenters. The van der Waals surface area contributed by atoms with E-state index in [0.29, 0.717) is 16.6 Å². The van der Waals surface area contributed by atoms with Gasteiger partial charge in [-0.2, -0.15) is 0 Å². The van der Waals surface area contributed by atoms with Crippen LogP contribution in [0.25, 0.3) is 10.9 Å². The molecular weight excluding hydrogens is 226 g/mol. The number of para-hydroxylation sites is 1. The van der Waals surface area contributed by atoms with E-state index in [1.54, 1.807) is 31.2 Å². The number of aromatic amines is 1. The summed E-state index contributed by atoms with van der Waals surface area (Å²) >= 11 is 0. The van der Waals surface area contributed by atoms with Crippen LogP contribution in [0.1, 0.15) is 5.69 Å². The van der Waals surface area contributed by atoms with E-state index in [1.807, 2.05) is 0 Å². The van der Waals surface area contributed by atoms with Gasteiger partial charge in [0.05, 0.1) is 0 Å². The Hall–Kier alpha value is -1.62. The van der Waals surface area contributed by atoms with Crippen LogP contribution in [0.3, 0.4) is 0 Å². The number of sulfone groups is 1. The fraction of sp³-hybridized carbons (Fsp3) is 0.182. The zero-order valence-corrected chi connectivity index (χ0v) is 9.76. The van der Waals surface area contributed by atoms with Crippen LogP contribution in [0, 0.1) is 6.92 Å². The van der Waals surface area contributed by atoms with Crippen molar-refractivity contribution in [2.24, 2.45) is 0 Å². The van der Waals surface area contributed by atoms with E-state index in [-0.39, 0.29) is 4.90 Å². The SMILES string of the molecule is Cc1[nH]c2ccccc2c(=O)c1S(C)(=O)=O. The van der Waals surface area contributed by atoms with Crippen LogP contribution in [0.2, 0.25) is 0 Å². The van der Waals surface area contributed by atoms with E-state index in [2.05, 4.69) is 4.98 Å². The van der Waals surface area contributed by atoms with E-state index in [1.165, 1.54) is 0 Å². The van der Waals surface area contributed by atoms with Crippen LogP contribution in [-0.4, -0.2) is 19.7 Å². The molecule has 0 amide bonds. The molecule has 84 valence electrons. The van der Waals surface area contributed by atoms with Crippen molar-refractivity contribution >= 4 is 20.7 Å². The molecule has 2 rings (SSSR count). The molecule has 0 saturated heterocycles. The summed E-state index contributed by atoms with van der Waals surface area (Å²) in [7, 11) is -3.50. The summed E-state index contributed by atoms with van der Waals surface area (Å²) in [6.07, 6.45) is 1.04. The van der Waals surface area contributed by atoms with Crippen molar-refractivity contribution in [2.45, 2.75) is 11.8 Å². The number of fused-ring (bicyclic) bond motifs is 1. The predicted octanol–water partition coefficient (Wildman–Crippen LogP) is 1.24. The van der Waals surface area contributed by atoms with Crippen molar-refractivity contribution in [3.8, 4) is 0 Å². The van der Waals surface area contributed by atoms with Gasteiger partial charge in [-0.3, -0.25) is 4.79 Å². The van der Waals surface area contributed by atoms with Gasteiger partial charge in [-0.25, -0.2) is 8.42 Å². The zero-order chi connectivity index (χ0) is 11.9. The molecule has 4 nitrogen and oxygen atoms in total. The van der Waals surface area contributed by atoms with Crippen LogP contribution in [0.5, 0.6) is 0 Å². The molecule has 2 aromatic rings. The van der Waals surface area contributed by atoms with Crippen LogP contribution in [-0.2, 0) is 9.84 Å². The number of pyridine rings is 1. The van der Waals surface area contributed by atoms with Gasteiger partial charge in [0.1, 0.15) is 4.90 Å². The van der Waals surface area contributed by atoms with E-state index < -0.39 is 15.3 Å². The monoisotopic (exact) mass is 237 g/mol. The molecule has 1 N–H and O–H groups in total. The molecule has 0 atom stereocenters. The zero-order valence-electron chi connectivity index (χ0n) is 8.94. The lowest BCUT2D eigenvalue weighted by molar-refractivity contribution is 0.600. The first-order valence-corrected chi connectivity index (χ1v) is 6.62. The summed E-state index contributed by atoms with van der Waals surface area (Å²) in [6, 6.07) is 6.86. The molecule has 0 radical (unpaired) electrons. The van der Waals surface area contributed by atoms with E-state index in [9.17, 15) is 13.2 Å². The number of hydrogen-bond donors (Lipinski definition) is 1. The number of hydrogen-bond acceptors (Lipinski definition) is 3. The second-order valence-corrected chi connectivity index (χ2v) is 5.68. The molecule has 5 heteroatoms. The predicted molar refractivity (Wildman–Crippen MR) is 62.4 cm³/mol. The third kappa shape index (κ3) is 1.63. The Morgan fingerprint density at radius 3 is 2.44 bits per heavy atom. The summed E-state index contributed by atoms with van der Waals surface area (Å²) in [4.78, 5) is 14.8. The number of benzene rings is 1. The normalized spacial score (nSPS) is 11.9. The fourth-order valence-electron chi connectivity index (χ4n) is 1.79. The van der Waals surface area contributed by atoms with E-state index in [4.69, 9.17) is 0 Å². The van der Waals surface area contributed by atoms with Gasteiger partial charge in [-0.1, -0.05) is 12.1 Å². The maximum absolute atomic E-state index is 12.0. The second-order valence-electron chi connectivity index (χ2n) is 3.73. The van der Waals surface area contributed by atoms with Crippen LogP contribution in [0.4, 0.5) is 0 Å². The molecule has 1 aromatic carbocycles. The molecule has 0 spiro atoms. The standard InChI is InChI=1S/C11H11NO3S/c1-7-11(16(2,14)15)10(13)8-5-3-4-6-9(8)12-7/h3-6H,1-2H3,(H,12,13). The highest BCUT2D eigenvalue weighted by Gasteiger charge is 2.17. The van der Waals surface area contributed by atoms with Crippen molar-refractivity contribution < 1.29 is 8.42 Å². The molecule has 16 heavy (non-hydrogen) atoms. The first-order valence-electron chi connectivity index (χ1n) is 4.73. The number of nitrogens with one attached hydrogen (secondary N) is 1. The Kier molecular flexibility index (Phi) is 2.35. The third-order valence-corrected chi connectivity index (χ3v) is 3.64. The minimum atomic E-state index is -3.50. The lowest BCUT2D eigenvalue weighted by Gasteiger charge is -2.05. The maximum atomic E-state index is 12.0. The van der Waals surface area contributed by atoms with Gasteiger partial charge >= 0.3 is 0 Å². The molecule has 0 saturated carbocycles. The summed E-state index contributed by atoms with van der Waals surface area (Å²) in [5.41, 5.74) is 0.595. The Labute approximate surface area is 92.8 Å². The lowest BCUT2D eigenvalue weighted by atomic mass is 10.2. The van der Waals surface area contributed by atoms with Crippen molar-refractivity contribution in [1.29, 1.82) is 0 Å². The summed E-state index contributed by atoms with van der Waals surface area (Å²) in [5, 5.41) is 0.397. The lowest BCUT2D eigenvalue weighted by Crippen LogP contribution is -2.17. The maximum Gasteiger partial charge on any atom is 0.208 e. The van der Waals surface area contributed by atoms with Crippen molar-refractivity contribution in [2.75, 3.05) is 6.26 Å². The summed E-state index contributed by atoms with van der Waals surface area (Å²) in [6.45, 7) is 1.59. The molecule has 0 aliphatic rings. The fourth-order valence-corrected chi connectivity index (χ4v) is 2.84. The Morgan fingerprint density at radius 1 is 1.19 bits per heavy atom. The van der Waals surface area contributed by atoms with Crippen molar-refractivity contribution in [1.82, 2.24) is 4.98 Å². The summed E-state index contributed by atoms with van der Waals surface area (Å²) in [5.74, 6) is 0. The highest BCUT2D eigenvalue weighted by molar-refractivity contribution is 7.90. The molecule has 0 fully saturated rings. The van der Waals surface area contributed by atoms with Crippen molar-refractivity contribution in [3.63, 3.8) is 0 Å². The first-order chi connectivity index (χ1) is 7.41. The molecular formula is C11H11NO3S. The summed E-state index contributed by atoms with van der Waals surface area (Å²) < 4.78 is 23.0. The van der Waals surface area contributed by atoms with Gasteiger partial charge < -0.3 is 4.98 Å². The van der Waals surface area contributed by atoms with Crippen molar-refractivity contribution in [3.05, 3.63) is 40.2 Å². The molecule has 0 aliphatic carbocycles.